The van der Waals surface area contributed by atoms with Crippen molar-refractivity contribution in [2.75, 3.05) is 0 Å². The van der Waals surface area contributed by atoms with Gasteiger partial charge in [-0.2, -0.15) is 0 Å². The van der Waals surface area contributed by atoms with Gasteiger partial charge in [0.15, 0.2) is 0 Å². The van der Waals surface area contributed by atoms with Gasteiger partial charge in [-0.15, -0.1) is 0 Å². The summed E-state index contributed by atoms with van der Waals surface area (Å²) in [4.78, 5) is 0. The molecule has 0 N–H and O–H groups in total. The van der Waals surface area contributed by atoms with Crippen molar-refractivity contribution in [3.63, 3.8) is 0 Å². The maximum absolute atomic E-state index is 15.0. The molecule has 0 fully saturated rings. The van der Waals surface area contributed by atoms with Crippen LogP contribution < -0.4 is 7.16 Å². The van der Waals surface area contributed by atoms with Crippen LogP contribution in [-0.4, -0.2) is 36.8 Å². The van der Waals surface area contributed by atoms with Crippen LogP contribution in [0.4, 0.5) is 4.39 Å². The number of rotatable bonds is 20. The second kappa shape index (κ2) is 18.1. The molecule has 192 valence electrons. The van der Waals surface area contributed by atoms with Crippen molar-refractivity contribution < 1.29 is 4.39 Å². The van der Waals surface area contributed by atoms with Gasteiger partial charge < -0.3 is 0 Å². The van der Waals surface area contributed by atoms with Crippen molar-refractivity contribution in [1.82, 2.24) is 0 Å². The van der Waals surface area contributed by atoms with Crippen LogP contribution in [0.15, 0.2) is 18.2 Å². The van der Waals surface area contributed by atoms with Crippen LogP contribution >= 0.6 is 0 Å². The Balaban J connectivity index is 3.77. The van der Waals surface area contributed by atoms with E-state index in [9.17, 15) is 0 Å². The van der Waals surface area contributed by atoms with Gasteiger partial charge in [0.2, 0.25) is 0 Å². The van der Waals surface area contributed by atoms with Gasteiger partial charge in [-0.3, -0.25) is 0 Å². The molecule has 0 heterocycles. The van der Waals surface area contributed by atoms with Crippen molar-refractivity contribution >= 4 is 43.9 Å². The van der Waals surface area contributed by atoms with Gasteiger partial charge in [-0.05, 0) is 0 Å². The van der Waals surface area contributed by atoms with Gasteiger partial charge in [0.1, 0.15) is 0 Å². The average Bonchev–Trinajstić information content (AvgIpc) is 2.84. The van der Waals surface area contributed by atoms with Gasteiger partial charge in [-0.1, -0.05) is 0 Å². The molecule has 0 atom stereocenters. The van der Waals surface area contributed by atoms with E-state index in [0.29, 0.717) is 0 Å². The Morgan fingerprint density at radius 2 is 0.788 bits per heavy atom. The Morgan fingerprint density at radius 3 is 1.09 bits per heavy atom. The fourth-order valence-corrected chi connectivity index (χ4v) is 49.0. The molecule has 0 bridgehead atoms. The molecule has 0 nitrogen and oxygen atoms in total. The van der Waals surface area contributed by atoms with Gasteiger partial charge >= 0.3 is 218 Å². The topological polar surface area (TPSA) is 0 Å². The first kappa shape index (κ1) is 31.8. The van der Waals surface area contributed by atoms with Crippen LogP contribution in [0.25, 0.3) is 0 Å². The summed E-state index contributed by atoms with van der Waals surface area (Å²) >= 11 is -5.32. The Hall–Kier alpha value is 0.747. The van der Waals surface area contributed by atoms with E-state index in [0.717, 1.165) is 0 Å². The molecule has 0 radical (unpaired) electrons. The second-order valence-electron chi connectivity index (χ2n) is 10.9. The average molecular weight is 674 g/mol. The molecule has 1 aromatic rings. The molecule has 0 saturated carbocycles. The van der Waals surface area contributed by atoms with Gasteiger partial charge in [0.25, 0.3) is 0 Å². The van der Waals surface area contributed by atoms with E-state index in [1.54, 1.807) is 3.58 Å². The molecule has 0 aliphatic rings. The first-order chi connectivity index (χ1) is 16.0. The molecular weight excluding hydrogens is 617 g/mol. The van der Waals surface area contributed by atoms with Crippen LogP contribution in [0.5, 0.6) is 0 Å². The quantitative estimate of drug-likeness (QED) is 0.121. The summed E-state index contributed by atoms with van der Waals surface area (Å²) in [5, 5.41) is 0. The Labute approximate surface area is 216 Å². The van der Waals surface area contributed by atoms with Crippen LogP contribution in [0, 0.1) is 5.82 Å². The summed E-state index contributed by atoms with van der Waals surface area (Å²) in [6, 6.07) is 6.39. The summed E-state index contributed by atoms with van der Waals surface area (Å²) in [6.45, 7) is 14.2. The molecule has 0 aliphatic carbocycles. The van der Waals surface area contributed by atoms with Gasteiger partial charge in [0, 0.05) is 0 Å². The molecule has 33 heavy (non-hydrogen) atoms. The van der Waals surface area contributed by atoms with Crippen molar-refractivity contribution in [1.29, 1.82) is 0 Å². The molecule has 0 saturated heterocycles. The van der Waals surface area contributed by atoms with E-state index in [1.807, 2.05) is 9.65 Å². The number of halogens is 1. The van der Waals surface area contributed by atoms with Crippen molar-refractivity contribution in [3.05, 3.63) is 24.0 Å². The fraction of sp³-hybridized carbons (Fsp3) is 0.800. The van der Waals surface area contributed by atoms with Gasteiger partial charge in [-0.25, -0.2) is 0 Å². The molecular formula is C30H57FSn2. The van der Waals surface area contributed by atoms with Crippen LogP contribution in [0.1, 0.15) is 119 Å². The van der Waals surface area contributed by atoms with E-state index in [-0.39, 0.29) is 5.82 Å². The first-order valence-electron chi connectivity index (χ1n) is 14.8. The molecule has 1 rings (SSSR count). The zero-order chi connectivity index (χ0) is 24.6. The van der Waals surface area contributed by atoms with Crippen LogP contribution in [0.3, 0.4) is 0 Å². The summed E-state index contributed by atoms with van der Waals surface area (Å²) in [6.07, 6.45) is 16.1. The van der Waals surface area contributed by atoms with E-state index in [1.165, 1.54) is 104 Å². The van der Waals surface area contributed by atoms with Crippen LogP contribution in [-0.2, 0) is 0 Å². The third-order valence-corrected chi connectivity index (χ3v) is 41.6. The minimum absolute atomic E-state index is 0.0565. The number of hydrogen-bond acceptors (Lipinski definition) is 0. The van der Waals surface area contributed by atoms with Crippen molar-refractivity contribution in [2.45, 2.75) is 145 Å². The minimum atomic E-state index is -2.70. The molecule has 0 amide bonds. The summed E-state index contributed by atoms with van der Waals surface area (Å²) in [5.74, 6) is 0.0565. The predicted molar refractivity (Wildman–Crippen MR) is 155 cm³/mol. The number of hydrogen-bond donors (Lipinski definition) is 0. The summed E-state index contributed by atoms with van der Waals surface area (Å²) in [7, 11) is 0. The van der Waals surface area contributed by atoms with E-state index in [2.05, 4.69) is 53.7 Å². The number of benzene rings is 1. The van der Waals surface area contributed by atoms with Crippen LogP contribution in [0.2, 0.25) is 26.6 Å². The van der Waals surface area contributed by atoms with E-state index >= 15 is 4.39 Å². The third-order valence-electron chi connectivity index (χ3n) is 8.18. The molecule has 0 aromatic heterocycles. The second-order valence-corrected chi connectivity index (χ2v) is 37.1. The normalized spacial score (nSPS) is 12.5. The summed E-state index contributed by atoms with van der Waals surface area (Å²) < 4.78 is 27.5. The molecule has 1 aromatic carbocycles. The SMILES string of the molecule is CCC[CH2][Sn]([CH2]CCC)([CH2]CCC)[c]1ccc(F)c[c]1[Sn]([CH2]CCC)([CH2]CCC)[CH2]CCC. The Morgan fingerprint density at radius 1 is 0.485 bits per heavy atom. The van der Waals surface area contributed by atoms with Crippen molar-refractivity contribution in [2.24, 2.45) is 0 Å². The molecule has 3 heteroatoms. The Kier molecular flexibility index (Phi) is 17.4. The fourth-order valence-electron chi connectivity index (χ4n) is 6.07. The summed E-state index contributed by atoms with van der Waals surface area (Å²) in [5.41, 5.74) is 0. The monoisotopic (exact) mass is 676 g/mol. The first-order valence-corrected chi connectivity index (χ1v) is 29.8. The predicted octanol–water partition coefficient (Wildman–Crippen LogP) is 9.94. The number of unbranched alkanes of at least 4 members (excludes halogenated alkanes) is 6. The third kappa shape index (κ3) is 9.96. The standard InChI is InChI=1S/C6H3F.6C4H9.2Sn/c7-6-4-2-1-3-5-6;6*1-3-4-2;;/h2,4-5H;6*1,3-4H2,2H3;;. The Bertz CT molecular complexity index is 584. The van der Waals surface area contributed by atoms with Crippen molar-refractivity contribution in [3.8, 4) is 0 Å². The molecule has 0 unspecified atom stereocenters. The zero-order valence-corrected chi connectivity index (χ0v) is 29.0. The zero-order valence-electron chi connectivity index (χ0n) is 23.3. The van der Waals surface area contributed by atoms with E-state index < -0.39 is 36.8 Å². The van der Waals surface area contributed by atoms with Gasteiger partial charge in [0.05, 0.1) is 0 Å². The maximum atomic E-state index is 15.0. The molecule has 0 spiro atoms. The molecule has 0 aliphatic heterocycles. The van der Waals surface area contributed by atoms with E-state index in [4.69, 9.17) is 0 Å².